The summed E-state index contributed by atoms with van der Waals surface area (Å²) in [6.45, 7) is 4.70. The van der Waals surface area contributed by atoms with Gasteiger partial charge in [-0.05, 0) is 72.2 Å². The van der Waals surface area contributed by atoms with Gasteiger partial charge in [0.1, 0.15) is 0 Å². The predicted molar refractivity (Wildman–Crippen MR) is 227 cm³/mol. The van der Waals surface area contributed by atoms with E-state index in [9.17, 15) is 0 Å². The van der Waals surface area contributed by atoms with E-state index >= 15 is 0 Å². The third-order valence-electron chi connectivity index (χ3n) is 10.4. The highest BCUT2D eigenvalue weighted by atomic mass is 15.0. The van der Waals surface area contributed by atoms with Gasteiger partial charge >= 0.3 is 0 Å². The van der Waals surface area contributed by atoms with E-state index in [1.807, 2.05) is 60.7 Å². The lowest BCUT2D eigenvalue weighted by molar-refractivity contribution is 1.07. The molecule has 0 fully saturated rings. The van der Waals surface area contributed by atoms with Gasteiger partial charge in [-0.3, -0.25) is 0 Å². The summed E-state index contributed by atoms with van der Waals surface area (Å²) >= 11 is 0. The Morgan fingerprint density at radius 2 is 0.927 bits per heavy atom. The van der Waals surface area contributed by atoms with Crippen molar-refractivity contribution < 1.29 is 0 Å². The summed E-state index contributed by atoms with van der Waals surface area (Å²) in [6, 6.07) is 56.6. The van der Waals surface area contributed by atoms with Gasteiger partial charge < -0.3 is 9.13 Å². The second kappa shape index (κ2) is 13.6. The molecule has 260 valence electrons. The highest BCUT2D eigenvalue weighted by Crippen LogP contribution is 2.38. The summed E-state index contributed by atoms with van der Waals surface area (Å²) in [6.07, 6.45) is 9.81. The van der Waals surface area contributed by atoms with Crippen LogP contribution >= 0.6 is 0 Å². The maximum atomic E-state index is 4.97. The topological polar surface area (TPSA) is 48.5 Å². The Balaban J connectivity index is 1.10. The van der Waals surface area contributed by atoms with Crippen molar-refractivity contribution in [1.82, 2.24) is 24.1 Å². The van der Waals surface area contributed by atoms with E-state index in [0.29, 0.717) is 17.5 Å². The van der Waals surface area contributed by atoms with Crippen LogP contribution in [0.4, 0.5) is 0 Å². The monoisotopic (exact) mass is 705 g/mol. The van der Waals surface area contributed by atoms with Crippen LogP contribution in [0.3, 0.4) is 0 Å². The average molecular weight is 706 g/mol. The van der Waals surface area contributed by atoms with Crippen molar-refractivity contribution >= 4 is 39.5 Å². The van der Waals surface area contributed by atoms with Crippen LogP contribution in [0.2, 0.25) is 0 Å². The molecule has 0 N–H and O–H groups in total. The minimum atomic E-state index is 0.625. The number of fused-ring (bicyclic) bond motifs is 6. The van der Waals surface area contributed by atoms with Gasteiger partial charge in [-0.25, -0.2) is 15.0 Å². The SMILES string of the molecule is C=C1/C=C\c2c(c3ccccc3n2-c2ccccc2)C/C=C\c2c1n(-c1ccc(-c3nc(-c4ccccc4)nc(-c4ccccc4)n3)cc1)c1ccccc21. The van der Waals surface area contributed by atoms with Gasteiger partial charge in [-0.1, -0.05) is 140 Å². The zero-order valence-corrected chi connectivity index (χ0v) is 30.0. The van der Waals surface area contributed by atoms with E-state index in [0.717, 1.165) is 62.5 Å². The molecule has 0 saturated carbocycles. The second-order valence-electron chi connectivity index (χ2n) is 13.7. The number of para-hydroxylation sites is 3. The lowest BCUT2D eigenvalue weighted by atomic mass is 10.0. The zero-order valence-electron chi connectivity index (χ0n) is 30.0. The van der Waals surface area contributed by atoms with Crippen LogP contribution in [0.25, 0.3) is 85.1 Å². The molecule has 0 unspecified atom stereocenters. The van der Waals surface area contributed by atoms with Crippen molar-refractivity contribution in [1.29, 1.82) is 0 Å². The van der Waals surface area contributed by atoms with E-state index in [1.165, 1.54) is 21.9 Å². The number of allylic oxidation sites excluding steroid dienone is 3. The van der Waals surface area contributed by atoms with Crippen molar-refractivity contribution in [3.63, 3.8) is 0 Å². The van der Waals surface area contributed by atoms with Crippen molar-refractivity contribution in [2.24, 2.45) is 0 Å². The standard InChI is InChI=1S/C50H35N5/c1-34-28-33-46-41(40-22-11-13-26-44(40)54(46)38-20-9-4-10-21-38)24-15-25-43-42-23-12-14-27-45(42)55(47(34)43)39-31-29-37(30-32-39)50-52-48(35-16-5-2-6-17-35)51-49(53-50)36-18-7-3-8-19-36/h2-23,25-33H,1,24H2/b25-15-,33-28-. The van der Waals surface area contributed by atoms with Crippen LogP contribution in [0.15, 0.2) is 183 Å². The van der Waals surface area contributed by atoms with Crippen LogP contribution in [0.1, 0.15) is 22.5 Å². The van der Waals surface area contributed by atoms with Crippen molar-refractivity contribution in [3.8, 4) is 45.5 Å². The Labute approximate surface area is 319 Å². The molecule has 1 aliphatic rings. The molecule has 3 heterocycles. The molecule has 5 heteroatoms. The molecule has 0 amide bonds. The minimum absolute atomic E-state index is 0.625. The third-order valence-corrected chi connectivity index (χ3v) is 10.4. The average Bonchev–Trinajstić information content (AvgIpc) is 3.76. The molecule has 0 atom stereocenters. The van der Waals surface area contributed by atoms with Crippen LogP contribution in [-0.2, 0) is 6.42 Å². The quantitative estimate of drug-likeness (QED) is 0.179. The Morgan fingerprint density at radius 3 is 1.55 bits per heavy atom. The highest BCUT2D eigenvalue weighted by molar-refractivity contribution is 6.00. The van der Waals surface area contributed by atoms with Crippen molar-refractivity contribution in [3.05, 3.63) is 205 Å². The maximum absolute atomic E-state index is 4.97. The molecule has 9 aromatic rings. The summed E-state index contributed by atoms with van der Waals surface area (Å²) in [5.41, 5.74) is 12.9. The first kappa shape index (κ1) is 32.3. The second-order valence-corrected chi connectivity index (χ2v) is 13.7. The van der Waals surface area contributed by atoms with Gasteiger partial charge in [0.15, 0.2) is 17.5 Å². The summed E-state index contributed by atoms with van der Waals surface area (Å²) in [4.78, 5) is 14.8. The number of nitrogens with zero attached hydrogens (tertiary/aromatic N) is 5. The third kappa shape index (κ3) is 5.70. The smallest absolute Gasteiger partial charge is 0.164 e. The van der Waals surface area contributed by atoms with Gasteiger partial charge in [0.2, 0.25) is 0 Å². The largest absolute Gasteiger partial charge is 0.310 e. The lowest BCUT2D eigenvalue weighted by Crippen LogP contribution is -2.02. The molecule has 1 aliphatic carbocycles. The van der Waals surface area contributed by atoms with Crippen LogP contribution in [0, 0.1) is 0 Å². The molecule has 55 heavy (non-hydrogen) atoms. The van der Waals surface area contributed by atoms with E-state index < -0.39 is 0 Å². The fourth-order valence-corrected chi connectivity index (χ4v) is 7.84. The molecule has 6 aromatic carbocycles. The summed E-state index contributed by atoms with van der Waals surface area (Å²) < 4.78 is 4.70. The number of hydrogen-bond donors (Lipinski definition) is 0. The van der Waals surface area contributed by atoms with Gasteiger partial charge in [-0.15, -0.1) is 0 Å². The molecule has 0 saturated heterocycles. The molecular formula is C50H35N5. The fourth-order valence-electron chi connectivity index (χ4n) is 7.84. The lowest BCUT2D eigenvalue weighted by Gasteiger charge is -2.14. The van der Waals surface area contributed by atoms with Crippen molar-refractivity contribution in [2.45, 2.75) is 6.42 Å². The first-order valence-electron chi connectivity index (χ1n) is 18.5. The fraction of sp³-hybridized carbons (Fsp3) is 0.0200. The molecule has 3 aromatic heterocycles. The first-order chi connectivity index (χ1) is 27.2. The predicted octanol–water partition coefficient (Wildman–Crippen LogP) is 12.1. The van der Waals surface area contributed by atoms with Crippen LogP contribution in [-0.4, -0.2) is 24.1 Å². The summed E-state index contributed by atoms with van der Waals surface area (Å²) in [5.74, 6) is 1.91. The molecule has 10 rings (SSSR count). The normalized spacial score (nSPS) is 13.7. The maximum Gasteiger partial charge on any atom is 0.164 e. The zero-order chi connectivity index (χ0) is 36.7. The molecule has 0 spiro atoms. The van der Waals surface area contributed by atoms with Crippen LogP contribution < -0.4 is 0 Å². The molecule has 0 bridgehead atoms. The Hall–Kier alpha value is -7.37. The van der Waals surface area contributed by atoms with Gasteiger partial charge in [0.25, 0.3) is 0 Å². The van der Waals surface area contributed by atoms with Crippen molar-refractivity contribution in [2.75, 3.05) is 0 Å². The van der Waals surface area contributed by atoms with Crippen LogP contribution in [0.5, 0.6) is 0 Å². The first-order valence-corrected chi connectivity index (χ1v) is 18.5. The van der Waals surface area contributed by atoms with Gasteiger partial charge in [0.05, 0.1) is 22.4 Å². The van der Waals surface area contributed by atoms with E-state index in [4.69, 9.17) is 21.5 Å². The Morgan fingerprint density at radius 1 is 0.436 bits per heavy atom. The van der Waals surface area contributed by atoms with Gasteiger partial charge in [0, 0.05) is 44.4 Å². The number of aromatic nitrogens is 5. The van der Waals surface area contributed by atoms with E-state index in [-0.39, 0.29) is 0 Å². The number of rotatable bonds is 5. The molecule has 5 nitrogen and oxygen atoms in total. The molecule has 0 radical (unpaired) electrons. The molecular weight excluding hydrogens is 671 g/mol. The highest BCUT2D eigenvalue weighted by Gasteiger charge is 2.21. The Kier molecular flexibility index (Phi) is 7.96. The summed E-state index contributed by atoms with van der Waals surface area (Å²) in [7, 11) is 0. The number of hydrogen-bond acceptors (Lipinski definition) is 3. The number of benzene rings is 6. The Bertz CT molecular complexity index is 2870. The van der Waals surface area contributed by atoms with E-state index in [2.05, 4.69) is 137 Å². The minimum Gasteiger partial charge on any atom is -0.310 e. The molecule has 0 aliphatic heterocycles. The van der Waals surface area contributed by atoms with E-state index in [1.54, 1.807) is 0 Å². The summed E-state index contributed by atoms with van der Waals surface area (Å²) in [5, 5.41) is 2.44. The van der Waals surface area contributed by atoms with Gasteiger partial charge in [-0.2, -0.15) is 0 Å².